The highest BCUT2D eigenvalue weighted by molar-refractivity contribution is 5.48. The third-order valence-electron chi connectivity index (χ3n) is 17.0. The van der Waals surface area contributed by atoms with E-state index in [1.165, 1.54) is 325 Å². The highest BCUT2D eigenvalue weighted by Crippen LogP contribution is 2.38. The van der Waals surface area contributed by atoms with Crippen LogP contribution in [-0.4, -0.2) is 0 Å². The molecule has 0 aliphatic carbocycles. The zero-order chi connectivity index (χ0) is 52.5. The Bertz CT molecular complexity index is 1410. The molecule has 3 aromatic rings. The third kappa shape index (κ3) is 33.0. The Labute approximate surface area is 462 Å². The van der Waals surface area contributed by atoms with Crippen molar-refractivity contribution >= 4 is 0 Å². The van der Waals surface area contributed by atoms with Gasteiger partial charge in [-0.15, -0.1) is 0 Å². The molecule has 0 saturated heterocycles. The molecule has 0 aromatic heterocycles. The number of hydrogen-bond acceptors (Lipinski definition) is 0. The first-order valence-corrected chi connectivity index (χ1v) is 33.6. The molecule has 0 atom stereocenters. The second kappa shape index (κ2) is 47.8. The molecule has 3 aromatic carbocycles. The first kappa shape index (κ1) is 65.9. The summed E-state index contributed by atoms with van der Waals surface area (Å²) in [7, 11) is 0. The van der Waals surface area contributed by atoms with Crippen molar-refractivity contribution in [1.29, 1.82) is 0 Å². The van der Waals surface area contributed by atoms with Gasteiger partial charge >= 0.3 is 0 Å². The highest BCUT2D eigenvalue weighted by Gasteiger charge is 2.36. The molecule has 0 unspecified atom stereocenters. The Hall–Kier alpha value is -2.38. The van der Waals surface area contributed by atoms with Crippen molar-refractivity contribution in [3.05, 3.63) is 106 Å². The largest absolute Gasteiger partial charge is 0.214 e. The Morgan fingerprint density at radius 2 is 0.338 bits per heavy atom. The number of hydrogen-bond donors (Lipinski definition) is 0. The van der Waals surface area contributed by atoms with Crippen molar-refractivity contribution in [3.8, 4) is 0 Å². The van der Waals surface area contributed by atoms with Crippen LogP contribution in [0.1, 0.15) is 362 Å². The summed E-state index contributed by atoms with van der Waals surface area (Å²) in [5.41, 5.74) is 5.25. The van der Waals surface area contributed by atoms with Crippen molar-refractivity contribution < 1.29 is 5.11 Å². The van der Waals surface area contributed by atoms with Crippen LogP contribution < -0.4 is 0 Å². The van der Waals surface area contributed by atoms with Crippen molar-refractivity contribution in [1.82, 2.24) is 0 Å². The van der Waals surface area contributed by atoms with Gasteiger partial charge in [-0.25, -0.2) is 5.11 Å². The van der Waals surface area contributed by atoms with Crippen molar-refractivity contribution in [2.24, 2.45) is 0 Å². The minimum absolute atomic E-state index is 0.865. The molecule has 1 heteroatoms. The molecule has 0 spiro atoms. The number of unbranched alkanes of at least 4 members (excludes halogenated alkanes) is 45. The molecule has 1 nitrogen and oxygen atoms in total. The zero-order valence-corrected chi connectivity index (χ0v) is 49.9. The fourth-order valence-electron chi connectivity index (χ4n) is 11.9. The number of aryl methyl sites for hydroxylation is 3. The van der Waals surface area contributed by atoms with Gasteiger partial charge in [0.1, 0.15) is 0 Å². The first-order valence-electron chi connectivity index (χ1n) is 33.6. The molecule has 3 rings (SSSR count). The number of rotatable bonds is 54. The fraction of sp³-hybridized carbons (Fsp3) is 0.753. The van der Waals surface area contributed by atoms with Crippen LogP contribution in [0.3, 0.4) is 0 Å². The predicted molar refractivity (Wildman–Crippen MR) is 330 cm³/mol. The number of benzene rings is 3. The molecule has 0 saturated carbocycles. The van der Waals surface area contributed by atoms with Gasteiger partial charge in [-0.1, -0.05) is 383 Å². The molecule has 0 amide bonds. The van der Waals surface area contributed by atoms with Gasteiger partial charge in [0, 0.05) is 0 Å². The molecule has 0 bridgehead atoms. The van der Waals surface area contributed by atoms with Crippen molar-refractivity contribution in [2.45, 2.75) is 354 Å². The molecular weight excluding hydrogens is 893 g/mol. The van der Waals surface area contributed by atoms with Gasteiger partial charge in [-0.05, 0) is 71.9 Å². The van der Waals surface area contributed by atoms with Gasteiger partial charge in [0.05, 0.1) is 0 Å². The Morgan fingerprint density at radius 1 is 0.203 bits per heavy atom. The summed E-state index contributed by atoms with van der Waals surface area (Å²) in [5.74, 6) is 0. The summed E-state index contributed by atoms with van der Waals surface area (Å²) < 4.78 is 0. The molecule has 0 fully saturated rings. The second-order valence-corrected chi connectivity index (χ2v) is 23.9. The molecular formula is C73H123O. The Morgan fingerprint density at radius 3 is 0.486 bits per heavy atom. The SMILES string of the molecule is CCCCCCCCCCCCCCCCCCc1ccc(C([O])(c2ccc(CCCCCCCCCCCCCCCCCC)cc2)c2ccc(CCCCCCCCCCCCCCCCCC)cc2)cc1. The van der Waals surface area contributed by atoms with E-state index in [9.17, 15) is 0 Å². The average molecular weight is 1020 g/mol. The van der Waals surface area contributed by atoms with Gasteiger partial charge in [-0.3, -0.25) is 0 Å². The van der Waals surface area contributed by atoms with Crippen LogP contribution in [0.25, 0.3) is 0 Å². The topological polar surface area (TPSA) is 19.9 Å². The van der Waals surface area contributed by atoms with Crippen molar-refractivity contribution in [2.75, 3.05) is 0 Å². The minimum Gasteiger partial charge on any atom is -0.214 e. The first-order chi connectivity index (χ1) is 36.6. The third-order valence-corrected chi connectivity index (χ3v) is 17.0. The average Bonchev–Trinajstić information content (AvgIpc) is 3.43. The van der Waals surface area contributed by atoms with E-state index in [0.717, 1.165) is 36.0 Å². The quantitative estimate of drug-likeness (QED) is 0.0397. The lowest BCUT2D eigenvalue weighted by Crippen LogP contribution is -2.27. The minimum atomic E-state index is -1.44. The maximum atomic E-state index is 15.6. The molecule has 421 valence electrons. The van der Waals surface area contributed by atoms with E-state index >= 15 is 5.11 Å². The predicted octanol–water partition coefficient (Wildman–Crippen LogP) is 24.8. The zero-order valence-electron chi connectivity index (χ0n) is 49.9. The molecule has 0 N–H and O–H groups in total. The standard InChI is InChI=1S/C73H123O/c1-4-7-10-13-16-19-22-25-28-31-34-37-40-43-46-49-52-67-55-61-70(62-56-67)73(74,71-63-57-68(58-64-71)53-50-47-44-41-38-35-32-29-26-23-20-17-14-11-8-5-2)72-65-59-69(60-66-72)54-51-48-45-42-39-36-33-30-27-24-21-18-15-12-9-6-3/h55-66H,4-54H2,1-3H3. The highest BCUT2D eigenvalue weighted by atomic mass is 16.3. The Balaban J connectivity index is 1.42. The van der Waals surface area contributed by atoms with E-state index in [1.807, 2.05) is 0 Å². The molecule has 0 aliphatic heterocycles. The van der Waals surface area contributed by atoms with Crippen LogP contribution in [0, 0.1) is 0 Å². The van der Waals surface area contributed by atoms with Crippen LogP contribution in [0.5, 0.6) is 0 Å². The summed E-state index contributed by atoms with van der Waals surface area (Å²) in [6, 6.07) is 26.5. The van der Waals surface area contributed by atoms with Gasteiger partial charge in [-0.2, -0.15) is 0 Å². The van der Waals surface area contributed by atoms with E-state index in [1.54, 1.807) is 0 Å². The van der Waals surface area contributed by atoms with Crippen LogP contribution in [0.15, 0.2) is 72.8 Å². The molecule has 0 aliphatic rings. The van der Waals surface area contributed by atoms with E-state index in [0.29, 0.717) is 0 Å². The van der Waals surface area contributed by atoms with Crippen LogP contribution in [0.2, 0.25) is 0 Å². The van der Waals surface area contributed by atoms with E-state index in [4.69, 9.17) is 0 Å². The monoisotopic (exact) mass is 1020 g/mol. The maximum Gasteiger partial charge on any atom is 0.179 e. The summed E-state index contributed by atoms with van der Waals surface area (Å²) in [5, 5.41) is 15.6. The van der Waals surface area contributed by atoms with Gasteiger partial charge in [0.15, 0.2) is 5.60 Å². The summed E-state index contributed by atoms with van der Waals surface area (Å²) in [6.45, 7) is 6.92. The smallest absolute Gasteiger partial charge is 0.179 e. The maximum absolute atomic E-state index is 15.6. The summed E-state index contributed by atoms with van der Waals surface area (Å²) in [4.78, 5) is 0. The lowest BCUT2D eigenvalue weighted by atomic mass is 9.79. The van der Waals surface area contributed by atoms with E-state index < -0.39 is 5.60 Å². The van der Waals surface area contributed by atoms with Crippen molar-refractivity contribution in [3.63, 3.8) is 0 Å². The van der Waals surface area contributed by atoms with E-state index in [-0.39, 0.29) is 0 Å². The molecule has 0 heterocycles. The van der Waals surface area contributed by atoms with Crippen LogP contribution in [-0.2, 0) is 30.0 Å². The molecule has 1 radical (unpaired) electrons. The van der Waals surface area contributed by atoms with Gasteiger partial charge < -0.3 is 0 Å². The lowest BCUT2D eigenvalue weighted by molar-refractivity contribution is 0.0410. The lowest BCUT2D eigenvalue weighted by Gasteiger charge is -2.28. The summed E-state index contributed by atoms with van der Waals surface area (Å²) >= 11 is 0. The van der Waals surface area contributed by atoms with E-state index in [2.05, 4.69) is 93.6 Å². The fourth-order valence-corrected chi connectivity index (χ4v) is 11.9. The van der Waals surface area contributed by atoms with Gasteiger partial charge in [0.2, 0.25) is 0 Å². The van der Waals surface area contributed by atoms with Crippen LogP contribution in [0.4, 0.5) is 0 Å². The van der Waals surface area contributed by atoms with Gasteiger partial charge in [0.25, 0.3) is 0 Å². The normalized spacial score (nSPS) is 11.8. The second-order valence-electron chi connectivity index (χ2n) is 23.9. The molecule has 74 heavy (non-hydrogen) atoms. The Kier molecular flexibility index (Phi) is 42.6. The van der Waals surface area contributed by atoms with Crippen LogP contribution >= 0.6 is 0 Å². The summed E-state index contributed by atoms with van der Waals surface area (Å²) in [6.07, 6.45) is 70.5.